The maximum atomic E-state index is 11.7. The van der Waals surface area contributed by atoms with Crippen molar-refractivity contribution < 1.29 is 9.84 Å². The maximum Gasteiger partial charge on any atom is 0.330 e. The summed E-state index contributed by atoms with van der Waals surface area (Å²) in [4.78, 5) is 28.0. The lowest BCUT2D eigenvalue weighted by atomic mass is 10.2. The van der Waals surface area contributed by atoms with Crippen LogP contribution in [0.4, 0.5) is 0 Å². The molecular formula is C10H14N5O4+. The molecule has 1 saturated heterocycles. The van der Waals surface area contributed by atoms with E-state index in [1.54, 1.807) is 6.92 Å². The van der Waals surface area contributed by atoms with Crippen molar-refractivity contribution in [2.45, 2.75) is 31.8 Å². The van der Waals surface area contributed by atoms with Crippen LogP contribution in [0.3, 0.4) is 0 Å². The standard InChI is InChI=1S/C10H13N5O4/c1-5-4-15(10(18)13-9(5)17)8-2-6(16)7(19-8)3-12-14-11/h4,6-8,11,16H,2-3H2,1H3/p+1/t6-,7+,8+/m0/s1. The Morgan fingerprint density at radius 1 is 1.68 bits per heavy atom. The summed E-state index contributed by atoms with van der Waals surface area (Å²) < 4.78 is 6.73. The van der Waals surface area contributed by atoms with Crippen molar-refractivity contribution in [3.05, 3.63) is 32.6 Å². The molecule has 0 spiro atoms. The summed E-state index contributed by atoms with van der Waals surface area (Å²) in [5.74, 6) is 0. The minimum absolute atomic E-state index is 0.0538. The normalized spacial score (nSPS) is 26.1. The molecule has 1 aromatic rings. The molecule has 0 amide bonds. The highest BCUT2D eigenvalue weighted by Crippen LogP contribution is 2.27. The van der Waals surface area contributed by atoms with Gasteiger partial charge in [0.05, 0.1) is 6.10 Å². The first-order chi connectivity index (χ1) is 9.02. The zero-order chi connectivity index (χ0) is 14.0. The van der Waals surface area contributed by atoms with E-state index in [0.717, 1.165) is 0 Å². The number of H-pyrrole nitrogens is 1. The zero-order valence-electron chi connectivity index (χ0n) is 10.2. The predicted molar refractivity (Wildman–Crippen MR) is 62.7 cm³/mol. The summed E-state index contributed by atoms with van der Waals surface area (Å²) in [6, 6.07) is 0. The highest BCUT2D eigenvalue weighted by molar-refractivity contribution is 5.02. The van der Waals surface area contributed by atoms with Crippen LogP contribution in [-0.2, 0) is 4.74 Å². The summed E-state index contributed by atoms with van der Waals surface area (Å²) in [6.45, 7) is 1.63. The van der Waals surface area contributed by atoms with Gasteiger partial charge in [-0.05, 0) is 6.92 Å². The Morgan fingerprint density at radius 3 is 3.11 bits per heavy atom. The van der Waals surface area contributed by atoms with Gasteiger partial charge in [0.25, 0.3) is 5.56 Å². The smallest absolute Gasteiger partial charge is 0.330 e. The molecule has 9 heteroatoms. The van der Waals surface area contributed by atoms with Gasteiger partial charge in [-0.2, -0.15) is 0 Å². The van der Waals surface area contributed by atoms with Gasteiger partial charge in [0.1, 0.15) is 23.0 Å². The molecule has 0 aromatic carbocycles. The number of nitrogens with zero attached hydrogens (tertiary/aromatic N) is 3. The van der Waals surface area contributed by atoms with Crippen LogP contribution < -0.4 is 16.2 Å². The number of aromatic nitrogens is 2. The number of aryl methyl sites for hydroxylation is 1. The molecule has 3 N–H and O–H groups in total. The molecular weight excluding hydrogens is 254 g/mol. The van der Waals surface area contributed by atoms with Gasteiger partial charge in [-0.25, -0.2) is 4.79 Å². The van der Waals surface area contributed by atoms with Crippen molar-refractivity contribution in [2.75, 3.05) is 6.54 Å². The van der Waals surface area contributed by atoms with Gasteiger partial charge < -0.3 is 9.84 Å². The van der Waals surface area contributed by atoms with E-state index in [4.69, 9.17) is 10.3 Å². The van der Waals surface area contributed by atoms with E-state index in [1.807, 2.05) is 0 Å². The van der Waals surface area contributed by atoms with E-state index in [2.05, 4.69) is 15.0 Å². The minimum atomic E-state index is -0.797. The van der Waals surface area contributed by atoms with E-state index in [1.165, 1.54) is 10.8 Å². The molecule has 1 aliphatic heterocycles. The third kappa shape index (κ3) is 2.68. The Balaban J connectivity index is 2.25. The monoisotopic (exact) mass is 268 g/mol. The fourth-order valence-electron chi connectivity index (χ4n) is 1.97. The molecule has 2 rings (SSSR count). The second-order valence-electron chi connectivity index (χ2n) is 4.33. The van der Waals surface area contributed by atoms with Crippen molar-refractivity contribution >= 4 is 0 Å². The van der Waals surface area contributed by atoms with Gasteiger partial charge in [-0.15, -0.1) is 0 Å². The second kappa shape index (κ2) is 5.27. The number of nitrogens with one attached hydrogen (secondary N) is 2. The average Bonchev–Trinajstić information content (AvgIpc) is 2.72. The van der Waals surface area contributed by atoms with Gasteiger partial charge in [-0.1, -0.05) is 0 Å². The molecule has 0 saturated carbocycles. The quantitative estimate of drug-likeness (QED) is 0.480. The summed E-state index contributed by atoms with van der Waals surface area (Å²) >= 11 is 0. The first-order valence-corrected chi connectivity index (χ1v) is 5.71. The SMILES string of the molecule is Cc1cn([C@H]2C[C@H](O)[C@@H](CN=[N+]=N)O2)c(=O)[nH]c1=O. The average molecular weight is 268 g/mol. The first-order valence-electron chi connectivity index (χ1n) is 5.71. The van der Waals surface area contributed by atoms with Gasteiger partial charge in [-0.3, -0.25) is 14.3 Å². The molecule has 1 fully saturated rings. The molecule has 2 heterocycles. The predicted octanol–water partition coefficient (Wildman–Crippen LogP) is -0.956. The number of hydrogen-bond acceptors (Lipinski definition) is 6. The number of aromatic amines is 1. The number of ether oxygens (including phenoxy) is 1. The summed E-state index contributed by atoms with van der Waals surface area (Å²) in [5.41, 5.74) is 5.91. The van der Waals surface area contributed by atoms with E-state index in [-0.39, 0.29) is 13.0 Å². The van der Waals surface area contributed by atoms with E-state index in [9.17, 15) is 14.7 Å². The molecule has 1 aromatic heterocycles. The van der Waals surface area contributed by atoms with E-state index < -0.39 is 29.7 Å². The molecule has 1 aliphatic rings. The fraction of sp³-hybridized carbons (Fsp3) is 0.600. The molecule has 19 heavy (non-hydrogen) atoms. The third-order valence-electron chi connectivity index (χ3n) is 2.99. The van der Waals surface area contributed by atoms with Crippen molar-refractivity contribution in [1.82, 2.24) is 14.5 Å². The Labute approximate surface area is 107 Å². The van der Waals surface area contributed by atoms with Crippen LogP contribution in [0.5, 0.6) is 0 Å². The van der Waals surface area contributed by atoms with Crippen molar-refractivity contribution in [3.8, 4) is 0 Å². The Morgan fingerprint density at radius 2 is 2.42 bits per heavy atom. The highest BCUT2D eigenvalue weighted by Gasteiger charge is 2.36. The topological polar surface area (TPSA) is 135 Å². The molecule has 0 unspecified atom stereocenters. The Kier molecular flexibility index (Phi) is 3.70. The van der Waals surface area contributed by atoms with Crippen LogP contribution in [0, 0.1) is 12.5 Å². The molecule has 102 valence electrons. The minimum Gasteiger partial charge on any atom is -0.390 e. The van der Waals surface area contributed by atoms with Crippen LogP contribution in [0.1, 0.15) is 18.2 Å². The van der Waals surface area contributed by atoms with Crippen molar-refractivity contribution in [1.29, 1.82) is 5.53 Å². The summed E-state index contributed by atoms with van der Waals surface area (Å²) in [7, 11) is 0. The third-order valence-corrected chi connectivity index (χ3v) is 2.99. The van der Waals surface area contributed by atoms with Gasteiger partial charge in [0, 0.05) is 18.2 Å². The lowest BCUT2D eigenvalue weighted by Gasteiger charge is -2.13. The van der Waals surface area contributed by atoms with Gasteiger partial charge in [0.15, 0.2) is 6.54 Å². The van der Waals surface area contributed by atoms with Crippen LogP contribution in [-0.4, -0.2) is 33.4 Å². The van der Waals surface area contributed by atoms with Crippen LogP contribution in [0.2, 0.25) is 0 Å². The molecule has 0 radical (unpaired) electrons. The van der Waals surface area contributed by atoms with Gasteiger partial charge in [0.2, 0.25) is 4.91 Å². The largest absolute Gasteiger partial charge is 0.390 e. The summed E-state index contributed by atoms with van der Waals surface area (Å²) in [5, 5.41) is 13.2. The molecule has 0 aliphatic carbocycles. The van der Waals surface area contributed by atoms with Gasteiger partial charge >= 0.3 is 5.69 Å². The highest BCUT2D eigenvalue weighted by atomic mass is 16.5. The molecule has 0 bridgehead atoms. The van der Waals surface area contributed by atoms with Crippen molar-refractivity contribution in [2.24, 2.45) is 5.11 Å². The van der Waals surface area contributed by atoms with Crippen LogP contribution in [0.25, 0.3) is 0 Å². The second-order valence-corrected chi connectivity index (χ2v) is 4.33. The molecule has 9 nitrogen and oxygen atoms in total. The number of aliphatic hydroxyl groups is 1. The van der Waals surface area contributed by atoms with Crippen LogP contribution in [0.15, 0.2) is 20.9 Å². The maximum absolute atomic E-state index is 11.7. The Hall–Kier alpha value is -2.09. The lowest BCUT2D eigenvalue weighted by molar-refractivity contribution is -0.0158. The number of aliphatic hydroxyl groups excluding tert-OH is 1. The van der Waals surface area contributed by atoms with Crippen LogP contribution >= 0.6 is 0 Å². The summed E-state index contributed by atoms with van der Waals surface area (Å²) in [6.07, 6.45) is -0.465. The number of rotatable bonds is 3. The zero-order valence-corrected chi connectivity index (χ0v) is 10.2. The van der Waals surface area contributed by atoms with E-state index in [0.29, 0.717) is 5.56 Å². The lowest BCUT2D eigenvalue weighted by Crippen LogP contribution is -2.33. The van der Waals surface area contributed by atoms with Crippen molar-refractivity contribution in [3.63, 3.8) is 0 Å². The van der Waals surface area contributed by atoms with E-state index >= 15 is 0 Å². The Bertz CT molecular complexity index is 630. The first kappa shape index (κ1) is 13.3. The number of hydrogen-bond donors (Lipinski definition) is 3. The molecule has 3 atom stereocenters. The fourth-order valence-corrected chi connectivity index (χ4v) is 1.97.